The summed E-state index contributed by atoms with van der Waals surface area (Å²) in [7, 11) is 4.13. The summed E-state index contributed by atoms with van der Waals surface area (Å²) in [6, 6.07) is 12.2. The quantitative estimate of drug-likeness (QED) is 0.748. The molecule has 23 heavy (non-hydrogen) atoms. The van der Waals surface area contributed by atoms with E-state index in [1.54, 1.807) is 11.3 Å². The molecule has 0 radical (unpaired) electrons. The van der Waals surface area contributed by atoms with E-state index in [0.29, 0.717) is 0 Å². The number of thiophene rings is 1. The zero-order valence-electron chi connectivity index (χ0n) is 13.4. The predicted octanol–water partition coefficient (Wildman–Crippen LogP) is 3.84. The first-order valence-electron chi connectivity index (χ1n) is 7.59. The van der Waals surface area contributed by atoms with E-state index in [0.717, 1.165) is 35.6 Å². The molecule has 118 valence electrons. The van der Waals surface area contributed by atoms with E-state index in [9.17, 15) is 0 Å². The average molecular weight is 324 g/mol. The molecule has 0 aliphatic rings. The summed E-state index contributed by atoms with van der Waals surface area (Å²) < 4.78 is 0. The van der Waals surface area contributed by atoms with Gasteiger partial charge in [-0.25, -0.2) is 9.97 Å². The molecule has 0 saturated carbocycles. The van der Waals surface area contributed by atoms with Gasteiger partial charge in [-0.15, -0.1) is 11.3 Å². The molecule has 3 aromatic rings. The Bertz CT molecular complexity index is 794. The molecule has 0 spiro atoms. The number of nitrogens with one attached hydrogen (secondary N) is 1. The molecule has 1 aromatic carbocycles. The monoisotopic (exact) mass is 324 g/mol. The van der Waals surface area contributed by atoms with Crippen LogP contribution in [0.1, 0.15) is 10.7 Å². The van der Waals surface area contributed by atoms with Crippen molar-refractivity contribution in [3.63, 3.8) is 0 Å². The van der Waals surface area contributed by atoms with Gasteiger partial charge in [-0.2, -0.15) is 0 Å². The van der Waals surface area contributed by atoms with Crippen LogP contribution in [0.4, 0.5) is 5.82 Å². The van der Waals surface area contributed by atoms with Crippen LogP contribution < -0.4 is 5.32 Å². The summed E-state index contributed by atoms with van der Waals surface area (Å²) in [5, 5.41) is 6.55. The number of nitrogens with zero attached hydrogens (tertiary/aromatic N) is 3. The normalized spacial score (nSPS) is 11.6. The van der Waals surface area contributed by atoms with E-state index in [1.165, 1.54) is 4.88 Å². The SMILES string of the molecule is CN(C)CCNc1nc(/C=C/c2cccs2)nc2ccccc12. The highest BCUT2D eigenvalue weighted by Crippen LogP contribution is 2.21. The Morgan fingerprint density at radius 2 is 1.96 bits per heavy atom. The maximum Gasteiger partial charge on any atom is 0.155 e. The molecule has 0 saturated heterocycles. The first-order chi connectivity index (χ1) is 11.2. The lowest BCUT2D eigenvalue weighted by atomic mass is 10.2. The second-order valence-electron chi connectivity index (χ2n) is 5.53. The van der Waals surface area contributed by atoms with Crippen LogP contribution in [-0.4, -0.2) is 42.1 Å². The third-order valence-electron chi connectivity index (χ3n) is 3.41. The molecule has 0 amide bonds. The summed E-state index contributed by atoms with van der Waals surface area (Å²) in [6.07, 6.45) is 4.02. The molecule has 0 fully saturated rings. The van der Waals surface area contributed by atoms with Gasteiger partial charge in [-0.05, 0) is 49.8 Å². The summed E-state index contributed by atoms with van der Waals surface area (Å²) >= 11 is 1.70. The largest absolute Gasteiger partial charge is 0.368 e. The van der Waals surface area contributed by atoms with Gasteiger partial charge in [0.15, 0.2) is 5.82 Å². The van der Waals surface area contributed by atoms with Crippen molar-refractivity contribution in [1.29, 1.82) is 0 Å². The first-order valence-corrected chi connectivity index (χ1v) is 8.47. The Kier molecular flexibility index (Phi) is 5.00. The van der Waals surface area contributed by atoms with Crippen molar-refractivity contribution in [3.05, 3.63) is 52.5 Å². The van der Waals surface area contributed by atoms with Crippen molar-refractivity contribution < 1.29 is 0 Å². The summed E-state index contributed by atoms with van der Waals surface area (Å²) in [5.41, 5.74) is 0.959. The smallest absolute Gasteiger partial charge is 0.155 e. The maximum atomic E-state index is 4.67. The topological polar surface area (TPSA) is 41.0 Å². The number of para-hydroxylation sites is 1. The molecule has 0 atom stereocenters. The number of fused-ring (bicyclic) bond motifs is 1. The van der Waals surface area contributed by atoms with Gasteiger partial charge in [-0.1, -0.05) is 18.2 Å². The minimum absolute atomic E-state index is 0.726. The zero-order valence-corrected chi connectivity index (χ0v) is 14.2. The van der Waals surface area contributed by atoms with Crippen LogP contribution in [0.3, 0.4) is 0 Å². The fraction of sp³-hybridized carbons (Fsp3) is 0.222. The molecule has 5 heteroatoms. The third-order valence-corrected chi connectivity index (χ3v) is 4.25. The van der Waals surface area contributed by atoms with Crippen LogP contribution >= 0.6 is 11.3 Å². The summed E-state index contributed by atoms with van der Waals surface area (Å²) in [4.78, 5) is 12.7. The zero-order chi connectivity index (χ0) is 16.1. The van der Waals surface area contributed by atoms with Crippen molar-refractivity contribution in [2.75, 3.05) is 32.5 Å². The van der Waals surface area contributed by atoms with E-state index < -0.39 is 0 Å². The summed E-state index contributed by atoms with van der Waals surface area (Å²) in [6.45, 7) is 1.81. The van der Waals surface area contributed by atoms with Crippen LogP contribution in [0.5, 0.6) is 0 Å². The molecular weight excluding hydrogens is 304 g/mol. The number of rotatable bonds is 6. The van der Waals surface area contributed by atoms with Gasteiger partial charge >= 0.3 is 0 Å². The Morgan fingerprint density at radius 1 is 1.09 bits per heavy atom. The molecule has 4 nitrogen and oxygen atoms in total. The standard InChI is InChI=1S/C18H20N4S/c1-22(2)12-11-19-18-15-7-3-4-8-16(15)20-17(21-18)10-9-14-6-5-13-23-14/h3-10,13H,11-12H2,1-2H3,(H,19,20,21)/b10-9+. The number of benzene rings is 1. The van der Waals surface area contributed by atoms with Gasteiger partial charge in [-0.3, -0.25) is 0 Å². The van der Waals surface area contributed by atoms with E-state index in [2.05, 4.69) is 57.9 Å². The van der Waals surface area contributed by atoms with E-state index in [4.69, 9.17) is 0 Å². The highest BCUT2D eigenvalue weighted by atomic mass is 32.1. The Hall–Kier alpha value is -2.24. The fourth-order valence-corrected chi connectivity index (χ4v) is 2.86. The van der Waals surface area contributed by atoms with Crippen LogP contribution in [0, 0.1) is 0 Å². The minimum atomic E-state index is 0.726. The second kappa shape index (κ2) is 7.35. The molecule has 2 aromatic heterocycles. The predicted molar refractivity (Wildman–Crippen MR) is 99.8 cm³/mol. The first kappa shape index (κ1) is 15.6. The Morgan fingerprint density at radius 3 is 2.74 bits per heavy atom. The van der Waals surface area contributed by atoms with Gasteiger partial charge in [0.1, 0.15) is 5.82 Å². The van der Waals surface area contributed by atoms with Gasteiger partial charge in [0.25, 0.3) is 0 Å². The van der Waals surface area contributed by atoms with Crippen molar-refractivity contribution >= 4 is 40.2 Å². The van der Waals surface area contributed by atoms with Crippen molar-refractivity contribution in [2.45, 2.75) is 0 Å². The Balaban J connectivity index is 1.89. The lowest BCUT2D eigenvalue weighted by molar-refractivity contribution is 0.425. The molecule has 2 heterocycles. The maximum absolute atomic E-state index is 4.67. The molecule has 0 unspecified atom stereocenters. The molecule has 3 rings (SSSR count). The minimum Gasteiger partial charge on any atom is -0.368 e. The van der Waals surface area contributed by atoms with E-state index in [1.807, 2.05) is 30.3 Å². The molecule has 0 aliphatic heterocycles. The third kappa shape index (κ3) is 4.15. The van der Waals surface area contributed by atoms with Gasteiger partial charge in [0, 0.05) is 23.4 Å². The van der Waals surface area contributed by atoms with Crippen molar-refractivity contribution in [1.82, 2.24) is 14.9 Å². The lowest BCUT2D eigenvalue weighted by Crippen LogP contribution is -2.21. The van der Waals surface area contributed by atoms with Crippen molar-refractivity contribution in [3.8, 4) is 0 Å². The molecule has 0 bridgehead atoms. The second-order valence-corrected chi connectivity index (χ2v) is 6.51. The number of hydrogen-bond acceptors (Lipinski definition) is 5. The van der Waals surface area contributed by atoms with Crippen molar-refractivity contribution in [2.24, 2.45) is 0 Å². The highest BCUT2D eigenvalue weighted by Gasteiger charge is 2.05. The van der Waals surface area contributed by atoms with Crippen LogP contribution in [0.25, 0.3) is 23.1 Å². The van der Waals surface area contributed by atoms with Crippen LogP contribution in [0.2, 0.25) is 0 Å². The summed E-state index contributed by atoms with van der Waals surface area (Å²) in [5.74, 6) is 1.62. The Labute approximate surface area is 140 Å². The van der Waals surface area contributed by atoms with Gasteiger partial charge in [0.05, 0.1) is 5.52 Å². The lowest BCUT2D eigenvalue weighted by Gasteiger charge is -2.12. The van der Waals surface area contributed by atoms with Crippen LogP contribution in [-0.2, 0) is 0 Å². The van der Waals surface area contributed by atoms with E-state index in [-0.39, 0.29) is 0 Å². The number of hydrogen-bond donors (Lipinski definition) is 1. The van der Waals surface area contributed by atoms with E-state index >= 15 is 0 Å². The molecular formula is C18H20N4S. The van der Waals surface area contributed by atoms with Gasteiger partial charge in [0.2, 0.25) is 0 Å². The average Bonchev–Trinajstić information content (AvgIpc) is 3.06. The highest BCUT2D eigenvalue weighted by molar-refractivity contribution is 7.10. The molecule has 1 N–H and O–H groups in total. The molecule has 0 aliphatic carbocycles. The number of anilines is 1. The number of aromatic nitrogens is 2. The van der Waals surface area contributed by atoms with Crippen LogP contribution in [0.15, 0.2) is 41.8 Å². The van der Waals surface area contributed by atoms with Gasteiger partial charge < -0.3 is 10.2 Å². The number of likely N-dealkylation sites (N-methyl/N-ethyl adjacent to an activating group) is 1. The fourth-order valence-electron chi connectivity index (χ4n) is 2.24.